The molecule has 9 heavy (non-hydrogen) atoms. The van der Waals surface area contributed by atoms with Crippen molar-refractivity contribution >= 4 is 30.8 Å². The Hall–Kier alpha value is -0.270. The predicted octanol–water partition coefficient (Wildman–Crippen LogP) is 2.80. The molecule has 0 aliphatic rings. The number of nitrogens with zero attached hydrogens (tertiary/aromatic N) is 2. The van der Waals surface area contributed by atoms with Crippen molar-refractivity contribution in [1.82, 2.24) is 4.98 Å². The van der Waals surface area contributed by atoms with Crippen molar-refractivity contribution in [3.8, 4) is 0 Å². The summed E-state index contributed by atoms with van der Waals surface area (Å²) in [5.41, 5.74) is 0. The Morgan fingerprint density at radius 2 is 2.33 bits per heavy atom. The lowest BCUT2D eigenvalue weighted by Crippen LogP contribution is -1.71. The number of hydrogen-bond acceptors (Lipinski definition) is 2. The van der Waals surface area contributed by atoms with Gasteiger partial charge in [0.05, 0.1) is 0 Å². The molecule has 0 atom stereocenters. The van der Waals surface area contributed by atoms with E-state index in [1.165, 1.54) is 0 Å². The van der Waals surface area contributed by atoms with Crippen molar-refractivity contribution in [2.75, 3.05) is 0 Å². The SMILES string of the molecule is P=Nc1cccc(Br)n1. The van der Waals surface area contributed by atoms with E-state index in [2.05, 4.69) is 34.7 Å². The molecule has 0 saturated heterocycles. The largest absolute Gasteiger partial charge is 0.222 e. The fraction of sp³-hybridized carbons (Fsp3) is 0. The average molecular weight is 203 g/mol. The molecule has 46 valence electrons. The zero-order valence-corrected chi connectivity index (χ0v) is 7.09. The summed E-state index contributed by atoms with van der Waals surface area (Å²) in [5, 5.41) is 0. The van der Waals surface area contributed by atoms with E-state index in [9.17, 15) is 0 Å². The third-order valence-electron chi connectivity index (χ3n) is 0.815. The molecule has 0 aromatic carbocycles. The Kier molecular flexibility index (Phi) is 2.31. The van der Waals surface area contributed by atoms with Gasteiger partial charge in [0, 0.05) is 0 Å². The predicted molar refractivity (Wildman–Crippen MR) is 42.3 cm³/mol. The second-order valence-electron chi connectivity index (χ2n) is 1.43. The molecule has 0 aliphatic carbocycles. The van der Waals surface area contributed by atoms with Crippen molar-refractivity contribution in [1.29, 1.82) is 0 Å². The molecular weight excluding hydrogens is 199 g/mol. The van der Waals surface area contributed by atoms with E-state index in [0.29, 0.717) is 5.82 Å². The van der Waals surface area contributed by atoms with Gasteiger partial charge in [0.1, 0.15) is 4.60 Å². The van der Waals surface area contributed by atoms with Crippen LogP contribution in [0.15, 0.2) is 27.5 Å². The molecule has 1 heterocycles. The normalized spacial score (nSPS) is 9.00. The maximum atomic E-state index is 3.99. The molecule has 0 fully saturated rings. The third-order valence-corrected chi connectivity index (χ3v) is 1.49. The minimum atomic E-state index is 0.668. The summed E-state index contributed by atoms with van der Waals surface area (Å²) in [4.78, 5) is 3.99. The number of hydrogen-bond donors (Lipinski definition) is 0. The second kappa shape index (κ2) is 3.04. The summed E-state index contributed by atoms with van der Waals surface area (Å²) in [6.07, 6.45) is 0. The van der Waals surface area contributed by atoms with Crippen molar-refractivity contribution in [2.45, 2.75) is 0 Å². The highest BCUT2D eigenvalue weighted by Crippen LogP contribution is 2.12. The number of aromatic nitrogens is 1. The van der Waals surface area contributed by atoms with Gasteiger partial charge in [-0.05, 0) is 37.1 Å². The van der Waals surface area contributed by atoms with E-state index >= 15 is 0 Å². The molecule has 0 unspecified atom stereocenters. The Morgan fingerprint density at radius 3 is 2.78 bits per heavy atom. The number of halogens is 1. The molecule has 0 N–H and O–H groups in total. The number of rotatable bonds is 1. The lowest BCUT2D eigenvalue weighted by Gasteiger charge is -1.88. The van der Waals surface area contributed by atoms with Gasteiger partial charge in [-0.1, -0.05) is 6.07 Å². The first kappa shape index (κ1) is 6.84. The lowest BCUT2D eigenvalue weighted by molar-refractivity contribution is 1.25. The lowest BCUT2D eigenvalue weighted by atomic mass is 10.5. The van der Waals surface area contributed by atoms with Crippen LogP contribution in [0.25, 0.3) is 0 Å². The van der Waals surface area contributed by atoms with E-state index < -0.39 is 0 Å². The molecule has 2 nitrogen and oxygen atoms in total. The molecule has 1 rings (SSSR count). The first-order valence-electron chi connectivity index (χ1n) is 2.33. The van der Waals surface area contributed by atoms with Crippen LogP contribution in [0.2, 0.25) is 0 Å². The van der Waals surface area contributed by atoms with Gasteiger partial charge in [0.15, 0.2) is 5.82 Å². The molecule has 4 heteroatoms. The second-order valence-corrected chi connectivity index (χ2v) is 2.47. The molecule has 0 amide bonds. The quantitative estimate of drug-likeness (QED) is 0.508. The molecule has 0 bridgehead atoms. The van der Waals surface area contributed by atoms with Gasteiger partial charge in [0.25, 0.3) is 0 Å². The highest BCUT2D eigenvalue weighted by atomic mass is 79.9. The summed E-state index contributed by atoms with van der Waals surface area (Å²) >= 11 is 3.21. The van der Waals surface area contributed by atoms with E-state index in [0.717, 1.165) is 4.60 Å². The fourth-order valence-electron chi connectivity index (χ4n) is 0.460. The van der Waals surface area contributed by atoms with Crippen LogP contribution >= 0.6 is 25.0 Å². The first-order chi connectivity index (χ1) is 4.33. The Morgan fingerprint density at radius 1 is 1.56 bits per heavy atom. The monoisotopic (exact) mass is 202 g/mol. The van der Waals surface area contributed by atoms with E-state index in [1.807, 2.05) is 12.1 Å². The van der Waals surface area contributed by atoms with Gasteiger partial charge >= 0.3 is 0 Å². The Balaban J connectivity index is 3.07. The van der Waals surface area contributed by atoms with Gasteiger partial charge in [-0.25, -0.2) is 9.73 Å². The Labute approximate surface area is 63.8 Å². The van der Waals surface area contributed by atoms with Crippen LogP contribution in [0.5, 0.6) is 0 Å². The van der Waals surface area contributed by atoms with Gasteiger partial charge in [-0.15, -0.1) is 0 Å². The molecule has 1 aromatic heterocycles. The molecular formula is C5H4BrN2P. The summed E-state index contributed by atoms with van der Waals surface area (Å²) < 4.78 is 4.49. The van der Waals surface area contributed by atoms with Crippen molar-refractivity contribution < 1.29 is 0 Å². The highest BCUT2D eigenvalue weighted by Gasteiger charge is 1.87. The molecule has 0 spiro atoms. The minimum absolute atomic E-state index is 0.668. The van der Waals surface area contributed by atoms with Crippen LogP contribution in [0, 0.1) is 0 Å². The van der Waals surface area contributed by atoms with Crippen LogP contribution in [0.3, 0.4) is 0 Å². The average Bonchev–Trinajstić information content (AvgIpc) is 1.88. The fourth-order valence-corrected chi connectivity index (χ4v) is 0.919. The zero-order chi connectivity index (χ0) is 6.69. The van der Waals surface area contributed by atoms with Crippen LogP contribution < -0.4 is 0 Å². The molecule has 0 aliphatic heterocycles. The van der Waals surface area contributed by atoms with Crippen LogP contribution in [-0.4, -0.2) is 4.98 Å². The van der Waals surface area contributed by atoms with Crippen molar-refractivity contribution in [3.05, 3.63) is 22.8 Å². The van der Waals surface area contributed by atoms with E-state index in [-0.39, 0.29) is 0 Å². The van der Waals surface area contributed by atoms with E-state index in [1.54, 1.807) is 6.07 Å². The van der Waals surface area contributed by atoms with Gasteiger partial charge < -0.3 is 0 Å². The van der Waals surface area contributed by atoms with Crippen molar-refractivity contribution in [3.63, 3.8) is 0 Å². The van der Waals surface area contributed by atoms with Crippen LogP contribution in [0.1, 0.15) is 0 Å². The number of pyridine rings is 1. The topological polar surface area (TPSA) is 25.2 Å². The zero-order valence-electron chi connectivity index (χ0n) is 4.50. The summed E-state index contributed by atoms with van der Waals surface area (Å²) in [7, 11) is 2.98. The minimum Gasteiger partial charge on any atom is -0.222 e. The summed E-state index contributed by atoms with van der Waals surface area (Å²) in [6.45, 7) is 0. The molecule has 0 saturated carbocycles. The first-order valence-corrected chi connectivity index (χ1v) is 3.57. The van der Waals surface area contributed by atoms with Gasteiger partial charge in [-0.3, -0.25) is 0 Å². The molecule has 0 radical (unpaired) electrons. The highest BCUT2D eigenvalue weighted by molar-refractivity contribution is 9.10. The molecule has 1 aromatic rings. The smallest absolute Gasteiger partial charge is 0.156 e. The third kappa shape index (κ3) is 1.84. The van der Waals surface area contributed by atoms with Crippen LogP contribution in [0.4, 0.5) is 5.82 Å². The van der Waals surface area contributed by atoms with Gasteiger partial charge in [-0.2, -0.15) is 0 Å². The van der Waals surface area contributed by atoms with Crippen molar-refractivity contribution in [2.24, 2.45) is 4.74 Å². The Bertz CT molecular complexity index is 226. The maximum Gasteiger partial charge on any atom is 0.156 e. The maximum absolute atomic E-state index is 3.99. The van der Waals surface area contributed by atoms with E-state index in [4.69, 9.17) is 0 Å². The summed E-state index contributed by atoms with van der Waals surface area (Å²) in [6, 6.07) is 5.52. The van der Waals surface area contributed by atoms with Gasteiger partial charge in [0.2, 0.25) is 0 Å². The standard InChI is InChI=1S/C5H4BrN2P/c6-4-2-1-3-5(7-4)8-9/h1-3,9H. The summed E-state index contributed by atoms with van der Waals surface area (Å²) in [5.74, 6) is 0.668. The van der Waals surface area contributed by atoms with Crippen LogP contribution in [-0.2, 0) is 0 Å².